The molecule has 1 aromatic heterocycles. The molecule has 1 heterocycles. The van der Waals surface area contributed by atoms with Gasteiger partial charge in [0.15, 0.2) is 0 Å². The van der Waals surface area contributed by atoms with Crippen LogP contribution in [0, 0.1) is 0 Å². The number of carbonyl (C=O) groups is 1. The van der Waals surface area contributed by atoms with Gasteiger partial charge in [0, 0.05) is 46.4 Å². The molecule has 0 radical (unpaired) electrons. The summed E-state index contributed by atoms with van der Waals surface area (Å²) in [6.45, 7) is 0.680. The second-order valence-electron chi connectivity index (χ2n) is 8.32. The van der Waals surface area contributed by atoms with E-state index in [1.165, 1.54) is 16.4 Å². The normalized spacial score (nSPS) is 11.5. The number of amides is 1. The Hall–Kier alpha value is -2.98. The third-order valence-electron chi connectivity index (χ3n) is 5.73. The molecule has 0 aliphatic carbocycles. The van der Waals surface area contributed by atoms with Gasteiger partial charge in [0.05, 0.1) is 17.0 Å². The molecule has 0 atom stereocenters. The molecule has 37 heavy (non-hydrogen) atoms. The molecule has 0 saturated carbocycles. The fourth-order valence-electron chi connectivity index (χ4n) is 3.83. The SMILES string of the molecule is O=C(CN(CCc1ccccc1)S(=O)(=O)c1ccc(Br)cc1)NCCNc1ccnc2cc(Cl)ccc12. The summed E-state index contributed by atoms with van der Waals surface area (Å²) in [4.78, 5) is 17.2. The van der Waals surface area contributed by atoms with Crippen LogP contribution in [0.4, 0.5) is 5.69 Å². The number of sulfonamides is 1. The van der Waals surface area contributed by atoms with Crippen molar-refractivity contribution in [3.05, 3.63) is 100 Å². The number of aromatic nitrogens is 1. The van der Waals surface area contributed by atoms with Gasteiger partial charge in [-0.1, -0.05) is 57.9 Å². The van der Waals surface area contributed by atoms with Gasteiger partial charge in [-0.3, -0.25) is 9.78 Å². The first kappa shape index (κ1) is 27.1. The van der Waals surface area contributed by atoms with Gasteiger partial charge in [-0.05, 0) is 60.5 Å². The predicted molar refractivity (Wildman–Crippen MR) is 151 cm³/mol. The highest BCUT2D eigenvalue weighted by Gasteiger charge is 2.26. The number of pyridine rings is 1. The number of rotatable bonds is 11. The van der Waals surface area contributed by atoms with Crippen molar-refractivity contribution >= 4 is 60.1 Å². The smallest absolute Gasteiger partial charge is 0.243 e. The van der Waals surface area contributed by atoms with Gasteiger partial charge in [0.25, 0.3) is 0 Å². The third kappa shape index (κ3) is 7.29. The summed E-state index contributed by atoms with van der Waals surface area (Å²) in [5.74, 6) is -0.373. The Morgan fingerprint density at radius 3 is 2.49 bits per heavy atom. The molecule has 3 aromatic carbocycles. The second kappa shape index (κ2) is 12.5. The number of nitrogens with one attached hydrogen (secondary N) is 2. The molecule has 0 unspecified atom stereocenters. The Morgan fingerprint density at radius 2 is 1.73 bits per heavy atom. The number of benzene rings is 3. The molecule has 1 amide bonds. The molecule has 0 fully saturated rings. The molecular weight excluding hydrogens is 576 g/mol. The molecule has 2 N–H and O–H groups in total. The number of hydrogen-bond donors (Lipinski definition) is 2. The molecule has 0 aliphatic heterocycles. The van der Waals surface area contributed by atoms with Crippen LogP contribution in [0.25, 0.3) is 10.9 Å². The summed E-state index contributed by atoms with van der Waals surface area (Å²) < 4.78 is 28.7. The van der Waals surface area contributed by atoms with E-state index in [1.807, 2.05) is 42.5 Å². The second-order valence-corrected chi connectivity index (χ2v) is 11.6. The molecule has 0 bridgehead atoms. The van der Waals surface area contributed by atoms with Crippen LogP contribution in [-0.4, -0.2) is 49.8 Å². The Balaban J connectivity index is 1.38. The van der Waals surface area contributed by atoms with E-state index in [1.54, 1.807) is 30.5 Å². The molecule has 192 valence electrons. The summed E-state index contributed by atoms with van der Waals surface area (Å²) in [6.07, 6.45) is 2.18. The van der Waals surface area contributed by atoms with Crippen molar-refractivity contribution < 1.29 is 13.2 Å². The zero-order valence-corrected chi connectivity index (χ0v) is 23.1. The van der Waals surface area contributed by atoms with Crippen LogP contribution in [0.2, 0.25) is 5.02 Å². The largest absolute Gasteiger partial charge is 0.383 e. The Labute approximate surface area is 230 Å². The lowest BCUT2D eigenvalue weighted by Gasteiger charge is -2.22. The van der Waals surface area contributed by atoms with Gasteiger partial charge in [-0.2, -0.15) is 4.31 Å². The molecule has 10 heteroatoms. The summed E-state index contributed by atoms with van der Waals surface area (Å²) in [7, 11) is -3.87. The van der Waals surface area contributed by atoms with Crippen molar-refractivity contribution in [1.29, 1.82) is 0 Å². The van der Waals surface area contributed by atoms with Crippen LogP contribution in [0.15, 0.2) is 94.4 Å². The number of nitrogens with zero attached hydrogens (tertiary/aromatic N) is 2. The molecule has 0 aliphatic rings. The zero-order chi connectivity index (χ0) is 26.3. The average molecular weight is 602 g/mol. The first-order chi connectivity index (χ1) is 17.8. The highest BCUT2D eigenvalue weighted by atomic mass is 79.9. The maximum absolute atomic E-state index is 13.4. The molecular formula is C27H26BrClN4O3S. The Bertz CT molecular complexity index is 1470. The minimum absolute atomic E-state index is 0.142. The minimum Gasteiger partial charge on any atom is -0.383 e. The van der Waals surface area contributed by atoms with Gasteiger partial charge in [-0.25, -0.2) is 8.42 Å². The zero-order valence-electron chi connectivity index (χ0n) is 19.9. The first-order valence-electron chi connectivity index (χ1n) is 11.7. The van der Waals surface area contributed by atoms with Gasteiger partial charge in [0.1, 0.15) is 0 Å². The van der Waals surface area contributed by atoms with Gasteiger partial charge in [-0.15, -0.1) is 0 Å². The maximum atomic E-state index is 13.4. The quantitative estimate of drug-likeness (QED) is 0.233. The fraction of sp³-hybridized carbons (Fsp3) is 0.185. The van der Waals surface area contributed by atoms with E-state index in [4.69, 9.17) is 11.6 Å². The van der Waals surface area contributed by atoms with E-state index in [0.29, 0.717) is 24.5 Å². The number of carbonyl (C=O) groups excluding carboxylic acids is 1. The van der Waals surface area contributed by atoms with Crippen LogP contribution in [0.1, 0.15) is 5.56 Å². The third-order valence-corrected chi connectivity index (χ3v) is 8.35. The predicted octanol–water partition coefficient (Wildman–Crippen LogP) is 5.11. The van der Waals surface area contributed by atoms with Gasteiger partial charge < -0.3 is 10.6 Å². The summed E-state index contributed by atoms with van der Waals surface area (Å²) in [5, 5.41) is 7.64. The molecule has 0 saturated heterocycles. The number of halogens is 2. The van der Waals surface area contributed by atoms with Crippen molar-refractivity contribution in [3.63, 3.8) is 0 Å². The molecule has 7 nitrogen and oxygen atoms in total. The lowest BCUT2D eigenvalue weighted by atomic mass is 10.1. The van der Waals surface area contributed by atoms with Crippen molar-refractivity contribution in [1.82, 2.24) is 14.6 Å². The van der Waals surface area contributed by atoms with E-state index in [2.05, 4.69) is 31.5 Å². The highest BCUT2D eigenvalue weighted by molar-refractivity contribution is 9.10. The van der Waals surface area contributed by atoms with Crippen LogP contribution in [-0.2, 0) is 21.2 Å². The van der Waals surface area contributed by atoms with Crippen molar-refractivity contribution in [2.75, 3.05) is 31.5 Å². The molecule has 4 aromatic rings. The summed E-state index contributed by atoms with van der Waals surface area (Å²) in [6, 6.07) is 23.3. The van der Waals surface area contributed by atoms with E-state index in [-0.39, 0.29) is 23.9 Å². The Kier molecular flexibility index (Phi) is 9.15. The van der Waals surface area contributed by atoms with Crippen LogP contribution < -0.4 is 10.6 Å². The lowest BCUT2D eigenvalue weighted by molar-refractivity contribution is -0.121. The van der Waals surface area contributed by atoms with E-state index >= 15 is 0 Å². The van der Waals surface area contributed by atoms with Gasteiger partial charge >= 0.3 is 0 Å². The van der Waals surface area contributed by atoms with E-state index in [9.17, 15) is 13.2 Å². The summed E-state index contributed by atoms with van der Waals surface area (Å²) in [5.41, 5.74) is 2.64. The first-order valence-corrected chi connectivity index (χ1v) is 14.3. The topological polar surface area (TPSA) is 91.4 Å². The number of anilines is 1. The molecule has 4 rings (SSSR count). The highest BCUT2D eigenvalue weighted by Crippen LogP contribution is 2.24. The Morgan fingerprint density at radius 1 is 0.973 bits per heavy atom. The lowest BCUT2D eigenvalue weighted by Crippen LogP contribution is -2.42. The molecule has 0 spiro atoms. The van der Waals surface area contributed by atoms with Crippen LogP contribution in [0.3, 0.4) is 0 Å². The number of fused-ring (bicyclic) bond motifs is 1. The van der Waals surface area contributed by atoms with Crippen molar-refractivity contribution in [2.45, 2.75) is 11.3 Å². The van der Waals surface area contributed by atoms with Crippen molar-refractivity contribution in [2.24, 2.45) is 0 Å². The van der Waals surface area contributed by atoms with E-state index in [0.717, 1.165) is 26.6 Å². The van der Waals surface area contributed by atoms with Crippen molar-refractivity contribution in [3.8, 4) is 0 Å². The fourth-order valence-corrected chi connectivity index (χ4v) is 5.66. The number of hydrogen-bond acceptors (Lipinski definition) is 5. The standard InChI is InChI=1S/C27H26BrClN4O3S/c28-21-6-9-23(10-7-21)37(35,36)33(17-13-20-4-2-1-3-5-20)19-27(34)32-16-15-31-25-12-14-30-26-18-22(29)8-11-24(25)26/h1-12,14,18H,13,15-17,19H2,(H,30,31)(H,32,34). The van der Waals surface area contributed by atoms with E-state index < -0.39 is 10.0 Å². The average Bonchev–Trinajstić information content (AvgIpc) is 2.89. The minimum atomic E-state index is -3.87. The van der Waals surface area contributed by atoms with Gasteiger partial charge in [0.2, 0.25) is 15.9 Å². The monoisotopic (exact) mass is 600 g/mol. The van der Waals surface area contributed by atoms with Crippen LogP contribution in [0.5, 0.6) is 0 Å². The maximum Gasteiger partial charge on any atom is 0.243 e. The summed E-state index contributed by atoms with van der Waals surface area (Å²) >= 11 is 9.38. The van der Waals surface area contributed by atoms with Crippen LogP contribution >= 0.6 is 27.5 Å².